The van der Waals surface area contributed by atoms with Gasteiger partial charge in [0.25, 0.3) is 23.6 Å². The predicted octanol–water partition coefficient (Wildman–Crippen LogP) is 5.57. The standard InChI is InChI=1S/C38H22N2O10S2/c41-35-27-9-1-5-23-6-2-10-28(33(23)27)36(42)39(35)25-17-15-21(31(19-25)51(45,46)47)13-14-22-16-18-26(20-32(22)52(48,49)50)40-37(43)29-11-3-7-24-8-4-12-30(34(24)29)38(40)44/h1-20H,(H,45,46,47)(H,48,49,50)/p-2. The van der Waals surface area contributed by atoms with Crippen LogP contribution in [0.15, 0.2) is 119 Å². The summed E-state index contributed by atoms with van der Waals surface area (Å²) < 4.78 is 74.9. The monoisotopic (exact) mass is 728 g/mol. The highest BCUT2D eigenvalue weighted by molar-refractivity contribution is 7.86. The van der Waals surface area contributed by atoms with Crippen LogP contribution in [-0.2, 0) is 20.2 Å². The van der Waals surface area contributed by atoms with Gasteiger partial charge in [-0.15, -0.1) is 0 Å². The smallest absolute Gasteiger partial charge is 0.265 e. The van der Waals surface area contributed by atoms with Gasteiger partial charge >= 0.3 is 0 Å². The second-order valence-corrected chi connectivity index (χ2v) is 14.7. The first kappa shape index (κ1) is 32.9. The Bertz CT molecular complexity index is 2600. The van der Waals surface area contributed by atoms with Gasteiger partial charge in [-0.2, -0.15) is 0 Å². The van der Waals surface area contributed by atoms with Gasteiger partial charge in [0.1, 0.15) is 20.2 Å². The van der Waals surface area contributed by atoms with Crippen LogP contribution in [-0.4, -0.2) is 49.6 Å². The van der Waals surface area contributed by atoms with E-state index in [2.05, 4.69) is 0 Å². The number of amides is 4. The minimum atomic E-state index is -5.26. The number of benzene rings is 6. The molecule has 0 bridgehead atoms. The Labute approximate surface area is 295 Å². The minimum absolute atomic E-state index is 0.201. The molecule has 0 unspecified atom stereocenters. The number of hydrogen-bond acceptors (Lipinski definition) is 10. The summed E-state index contributed by atoms with van der Waals surface area (Å²) in [6, 6.07) is 26.2. The lowest BCUT2D eigenvalue weighted by Gasteiger charge is -2.28. The van der Waals surface area contributed by atoms with Crippen LogP contribution in [0.2, 0.25) is 0 Å². The molecular formula is C38H20N2O10S2-2. The van der Waals surface area contributed by atoms with Crippen LogP contribution in [0.3, 0.4) is 0 Å². The normalized spacial score (nSPS) is 14.7. The predicted molar refractivity (Wildman–Crippen MR) is 188 cm³/mol. The summed E-state index contributed by atoms with van der Waals surface area (Å²) in [4.78, 5) is 54.0. The summed E-state index contributed by atoms with van der Waals surface area (Å²) in [6.07, 6.45) is 2.14. The first-order valence-electron chi connectivity index (χ1n) is 15.4. The molecule has 0 spiro atoms. The molecule has 52 heavy (non-hydrogen) atoms. The Balaban J connectivity index is 1.18. The van der Waals surface area contributed by atoms with Crippen molar-refractivity contribution in [3.8, 4) is 0 Å². The van der Waals surface area contributed by atoms with E-state index in [-0.39, 0.29) is 44.8 Å². The van der Waals surface area contributed by atoms with Crippen molar-refractivity contribution in [3.63, 3.8) is 0 Å². The molecule has 0 radical (unpaired) electrons. The van der Waals surface area contributed by atoms with Crippen molar-refractivity contribution in [1.82, 2.24) is 0 Å². The van der Waals surface area contributed by atoms with Gasteiger partial charge in [0.05, 0.1) is 21.2 Å². The van der Waals surface area contributed by atoms with E-state index in [0.29, 0.717) is 21.5 Å². The second kappa shape index (κ2) is 11.6. The largest absolute Gasteiger partial charge is 0.744 e. The van der Waals surface area contributed by atoms with Gasteiger partial charge in [-0.3, -0.25) is 19.2 Å². The van der Waals surface area contributed by atoms with Crippen LogP contribution in [0.4, 0.5) is 11.4 Å². The molecule has 0 atom stereocenters. The van der Waals surface area contributed by atoms with Gasteiger partial charge in [-0.25, -0.2) is 26.6 Å². The lowest BCUT2D eigenvalue weighted by Crippen LogP contribution is -2.40. The van der Waals surface area contributed by atoms with Crippen LogP contribution in [0.25, 0.3) is 33.7 Å². The number of carbonyl (C=O) groups is 4. The number of hydrogen-bond donors (Lipinski definition) is 0. The maximum Gasteiger partial charge on any atom is 0.265 e. The third-order valence-corrected chi connectivity index (χ3v) is 10.8. The van der Waals surface area contributed by atoms with Crippen molar-refractivity contribution < 1.29 is 45.1 Å². The lowest BCUT2D eigenvalue weighted by molar-refractivity contribution is 0.0877. The molecule has 0 saturated heterocycles. The zero-order chi connectivity index (χ0) is 36.7. The van der Waals surface area contributed by atoms with E-state index in [1.807, 2.05) is 0 Å². The number of imide groups is 2. The molecule has 6 aromatic rings. The zero-order valence-corrected chi connectivity index (χ0v) is 28.0. The Morgan fingerprint density at radius 2 is 0.750 bits per heavy atom. The molecule has 4 amide bonds. The van der Waals surface area contributed by atoms with Crippen LogP contribution in [0, 0.1) is 0 Å². The minimum Gasteiger partial charge on any atom is -0.744 e. The summed E-state index contributed by atoms with van der Waals surface area (Å²) >= 11 is 0. The van der Waals surface area contributed by atoms with E-state index >= 15 is 0 Å². The van der Waals surface area contributed by atoms with Crippen molar-refractivity contribution in [3.05, 3.63) is 143 Å². The molecule has 256 valence electrons. The lowest BCUT2D eigenvalue weighted by atomic mass is 9.93. The Hall–Kier alpha value is -6.32. The first-order valence-corrected chi connectivity index (χ1v) is 18.2. The van der Waals surface area contributed by atoms with Gasteiger partial charge in [0.15, 0.2) is 0 Å². The maximum absolute atomic E-state index is 13.5. The molecular weight excluding hydrogens is 709 g/mol. The second-order valence-electron chi connectivity index (χ2n) is 12.0. The molecule has 2 aliphatic heterocycles. The quantitative estimate of drug-likeness (QED) is 0.119. The molecule has 2 heterocycles. The Kier molecular flexibility index (Phi) is 7.34. The first-order chi connectivity index (χ1) is 24.7. The number of anilines is 2. The number of nitrogens with zero attached hydrogens (tertiary/aromatic N) is 2. The summed E-state index contributed by atoms with van der Waals surface area (Å²) in [6.45, 7) is 0. The highest BCUT2D eigenvalue weighted by atomic mass is 32.2. The number of rotatable bonds is 6. The fourth-order valence-corrected chi connectivity index (χ4v) is 8.12. The van der Waals surface area contributed by atoms with Crippen molar-refractivity contribution in [1.29, 1.82) is 0 Å². The third-order valence-electron chi connectivity index (χ3n) is 9.04. The molecule has 8 rings (SSSR count). The van der Waals surface area contributed by atoms with Gasteiger partial charge in [-0.1, -0.05) is 72.8 Å². The molecule has 0 N–H and O–H groups in total. The van der Waals surface area contributed by atoms with E-state index in [9.17, 15) is 45.1 Å². The molecule has 0 aromatic heterocycles. The molecule has 0 fully saturated rings. The van der Waals surface area contributed by atoms with Crippen molar-refractivity contribution in [2.75, 3.05) is 9.80 Å². The van der Waals surface area contributed by atoms with E-state index in [1.54, 1.807) is 48.5 Å². The van der Waals surface area contributed by atoms with E-state index in [0.717, 1.165) is 46.2 Å². The molecule has 12 nitrogen and oxygen atoms in total. The summed E-state index contributed by atoms with van der Waals surface area (Å²) in [5, 5.41) is 2.20. The van der Waals surface area contributed by atoms with Gasteiger partial charge in [0, 0.05) is 33.0 Å². The van der Waals surface area contributed by atoms with Crippen LogP contribution in [0.1, 0.15) is 52.6 Å². The molecule has 2 aliphatic rings. The summed E-state index contributed by atoms with van der Waals surface area (Å²) in [7, 11) is -10.5. The molecule has 0 saturated carbocycles. The fourth-order valence-electron chi connectivity index (χ4n) is 6.74. The summed E-state index contributed by atoms with van der Waals surface area (Å²) in [5.74, 6) is -2.93. The average molecular weight is 729 g/mol. The third kappa shape index (κ3) is 5.12. The van der Waals surface area contributed by atoms with Gasteiger partial charge in [0.2, 0.25) is 0 Å². The van der Waals surface area contributed by atoms with Crippen LogP contribution < -0.4 is 9.80 Å². The molecule has 14 heteroatoms. The van der Waals surface area contributed by atoms with Crippen molar-refractivity contribution in [2.45, 2.75) is 9.79 Å². The SMILES string of the molecule is O=C1c2cccc3cccc(c23)C(=O)N1c1ccc(C=Cc2ccc(N3C(=O)c4cccc5cccc(c45)C3=O)cc2S(=O)(=O)[O-])c(S(=O)(=O)[O-])c1. The van der Waals surface area contributed by atoms with Crippen molar-refractivity contribution >= 4 is 88.9 Å². The maximum atomic E-state index is 13.5. The summed E-state index contributed by atoms with van der Waals surface area (Å²) in [5.41, 5.74) is -0.0919. The number of carbonyl (C=O) groups excluding carboxylic acids is 4. The average Bonchev–Trinajstić information content (AvgIpc) is 3.11. The van der Waals surface area contributed by atoms with Crippen LogP contribution in [0.5, 0.6) is 0 Å². The Morgan fingerprint density at radius 3 is 1.04 bits per heavy atom. The highest BCUT2D eigenvalue weighted by Crippen LogP contribution is 2.37. The molecule has 0 aliphatic carbocycles. The van der Waals surface area contributed by atoms with Gasteiger partial charge in [-0.05, 0) is 70.4 Å². The topological polar surface area (TPSA) is 189 Å². The van der Waals surface area contributed by atoms with E-state index in [4.69, 9.17) is 0 Å². The fraction of sp³-hybridized carbons (Fsp3) is 0. The van der Waals surface area contributed by atoms with Crippen LogP contribution >= 0.6 is 0 Å². The Morgan fingerprint density at radius 1 is 0.442 bits per heavy atom. The van der Waals surface area contributed by atoms with Crippen molar-refractivity contribution in [2.24, 2.45) is 0 Å². The highest BCUT2D eigenvalue weighted by Gasteiger charge is 2.36. The van der Waals surface area contributed by atoms with Gasteiger partial charge < -0.3 is 9.11 Å². The van der Waals surface area contributed by atoms with E-state index < -0.39 is 53.7 Å². The zero-order valence-electron chi connectivity index (χ0n) is 26.3. The van der Waals surface area contributed by atoms with E-state index in [1.165, 1.54) is 36.4 Å². The molecule has 6 aromatic carbocycles.